The molecule has 2 aliphatic rings. The van der Waals surface area contributed by atoms with Crippen LogP contribution in [0.3, 0.4) is 0 Å². The zero-order valence-corrected chi connectivity index (χ0v) is 24.4. The predicted octanol–water partition coefficient (Wildman–Crippen LogP) is 5.39. The van der Waals surface area contributed by atoms with E-state index in [9.17, 15) is 13.2 Å². The number of carbonyl (C=O) groups is 1. The number of sulfonamides is 1. The van der Waals surface area contributed by atoms with E-state index in [0.29, 0.717) is 36.4 Å². The lowest BCUT2D eigenvalue weighted by Crippen LogP contribution is -2.32. The van der Waals surface area contributed by atoms with Gasteiger partial charge in [0.1, 0.15) is 11.3 Å². The van der Waals surface area contributed by atoms with Gasteiger partial charge in [0.15, 0.2) is 0 Å². The molecule has 40 heavy (non-hydrogen) atoms. The lowest BCUT2D eigenvalue weighted by molar-refractivity contribution is -0.124. The van der Waals surface area contributed by atoms with E-state index in [0.717, 1.165) is 40.5 Å². The molecule has 0 saturated carbocycles. The molecule has 3 N–H and O–H groups in total. The third-order valence-electron chi connectivity index (χ3n) is 6.88. The molecule has 8 nitrogen and oxygen atoms in total. The Bertz CT molecular complexity index is 1630. The van der Waals surface area contributed by atoms with Gasteiger partial charge in [-0.05, 0) is 57.0 Å². The number of hydrogen-bond acceptors (Lipinski definition) is 6. The summed E-state index contributed by atoms with van der Waals surface area (Å²) in [5.41, 5.74) is 3.73. The summed E-state index contributed by atoms with van der Waals surface area (Å²) in [7, 11) is -3.86. The first kappa shape index (κ1) is 29.3. The summed E-state index contributed by atoms with van der Waals surface area (Å²) in [5, 5.41) is 7.79. The summed E-state index contributed by atoms with van der Waals surface area (Å²) in [5.74, 6) is 0.547. The Morgan fingerprint density at radius 3 is 2.52 bits per heavy atom. The average molecular weight is 563 g/mol. The van der Waals surface area contributed by atoms with Gasteiger partial charge in [0.05, 0.1) is 10.3 Å². The highest BCUT2D eigenvalue weighted by atomic mass is 32.2. The predicted molar refractivity (Wildman–Crippen MR) is 161 cm³/mol. The van der Waals surface area contributed by atoms with Gasteiger partial charge in [0, 0.05) is 72.0 Å². The van der Waals surface area contributed by atoms with Crippen molar-refractivity contribution in [2.45, 2.75) is 45.4 Å². The Hall–Kier alpha value is -3.69. The highest BCUT2D eigenvalue weighted by Crippen LogP contribution is 2.42. The molecule has 4 rings (SSSR count). The molecule has 1 atom stereocenters. The number of amides is 1. The molecule has 1 aliphatic heterocycles. The number of anilines is 1. The fourth-order valence-electron chi connectivity index (χ4n) is 4.62. The summed E-state index contributed by atoms with van der Waals surface area (Å²) in [4.78, 5) is 16.7. The first-order valence-electron chi connectivity index (χ1n) is 13.9. The molecule has 0 saturated heterocycles. The minimum Gasteiger partial charge on any atom is -0.456 e. The molecule has 2 aromatic carbocycles. The van der Waals surface area contributed by atoms with E-state index in [-0.39, 0.29) is 23.3 Å². The van der Waals surface area contributed by atoms with Gasteiger partial charge in [-0.3, -0.25) is 9.79 Å². The standard InChI is InChI=1S/C31H38N4O4S/c1-5-21(4)31(36)34-17-10-18-35-40(37,38)29-12-9-8-11-26(29)30-24-15-13-22(32-6-2)19-27(24)39-28-20-23(33-7-3)14-16-25(28)30/h8-9,11-16,19-21,32,35H,5-7,10,17-18H2,1-4H3,(H,34,36). The quantitative estimate of drug-likeness (QED) is 0.158. The van der Waals surface area contributed by atoms with Gasteiger partial charge in [-0.1, -0.05) is 32.0 Å². The van der Waals surface area contributed by atoms with Gasteiger partial charge in [-0.2, -0.15) is 0 Å². The lowest BCUT2D eigenvalue weighted by atomic mass is 9.93. The van der Waals surface area contributed by atoms with Crippen LogP contribution in [0.5, 0.6) is 0 Å². The molecular formula is C31H38N4O4S. The van der Waals surface area contributed by atoms with Crippen LogP contribution in [-0.2, 0) is 14.8 Å². The van der Waals surface area contributed by atoms with Crippen LogP contribution >= 0.6 is 0 Å². The second kappa shape index (κ2) is 13.1. The number of benzene rings is 3. The van der Waals surface area contributed by atoms with Crippen molar-refractivity contribution < 1.29 is 17.6 Å². The van der Waals surface area contributed by atoms with Crippen molar-refractivity contribution in [1.82, 2.24) is 10.0 Å². The topological polar surface area (TPSA) is 113 Å². The van der Waals surface area contributed by atoms with Crippen molar-refractivity contribution in [2.75, 3.05) is 31.5 Å². The Kier molecular flexibility index (Phi) is 9.60. The van der Waals surface area contributed by atoms with Gasteiger partial charge in [0.2, 0.25) is 15.9 Å². The van der Waals surface area contributed by atoms with Crippen molar-refractivity contribution >= 4 is 32.6 Å². The minimum atomic E-state index is -3.86. The SMILES string of the molecule is CCN=c1ccc2c(-c3ccccc3S(=O)(=O)NCCCNC(=O)C(C)CC)c3ccc(NCC)cc3oc-2c1. The van der Waals surface area contributed by atoms with Crippen molar-refractivity contribution in [2.24, 2.45) is 10.9 Å². The van der Waals surface area contributed by atoms with Crippen molar-refractivity contribution in [3.63, 3.8) is 0 Å². The van der Waals surface area contributed by atoms with E-state index in [1.54, 1.807) is 12.1 Å². The second-order valence-corrected chi connectivity index (χ2v) is 11.5. The van der Waals surface area contributed by atoms with Gasteiger partial charge >= 0.3 is 0 Å². The summed E-state index contributed by atoms with van der Waals surface area (Å²) >= 11 is 0. The number of nitrogens with zero attached hydrogens (tertiary/aromatic N) is 1. The molecule has 0 bridgehead atoms. The van der Waals surface area contributed by atoms with E-state index in [1.807, 2.05) is 76.2 Å². The molecule has 9 heteroatoms. The van der Waals surface area contributed by atoms with Crippen LogP contribution in [-0.4, -0.2) is 40.5 Å². The Morgan fingerprint density at radius 2 is 1.77 bits per heavy atom. The summed E-state index contributed by atoms with van der Waals surface area (Å²) in [6, 6.07) is 18.7. The fraction of sp³-hybridized carbons (Fsp3) is 0.355. The molecule has 1 unspecified atom stereocenters. The lowest BCUT2D eigenvalue weighted by Gasteiger charge is -2.19. The summed E-state index contributed by atoms with van der Waals surface area (Å²) in [6.45, 7) is 9.86. The molecule has 212 valence electrons. The second-order valence-electron chi connectivity index (χ2n) is 9.72. The smallest absolute Gasteiger partial charge is 0.241 e. The maximum atomic E-state index is 13.6. The van der Waals surface area contributed by atoms with Crippen molar-refractivity contribution in [3.8, 4) is 22.5 Å². The Balaban J connectivity index is 1.75. The van der Waals surface area contributed by atoms with Crippen LogP contribution in [0, 0.1) is 5.92 Å². The van der Waals surface area contributed by atoms with Crippen LogP contribution in [0.1, 0.15) is 40.5 Å². The third-order valence-corrected chi connectivity index (χ3v) is 8.40. The van der Waals surface area contributed by atoms with Crippen LogP contribution in [0.25, 0.3) is 33.4 Å². The van der Waals surface area contributed by atoms with Crippen molar-refractivity contribution in [3.05, 3.63) is 66.0 Å². The number of hydrogen-bond donors (Lipinski definition) is 3. The van der Waals surface area contributed by atoms with E-state index in [4.69, 9.17) is 4.42 Å². The maximum Gasteiger partial charge on any atom is 0.241 e. The van der Waals surface area contributed by atoms with E-state index >= 15 is 0 Å². The maximum absolute atomic E-state index is 13.6. The molecule has 1 heterocycles. The number of rotatable bonds is 12. The largest absolute Gasteiger partial charge is 0.456 e. The van der Waals surface area contributed by atoms with E-state index < -0.39 is 10.0 Å². The molecular weight excluding hydrogens is 524 g/mol. The van der Waals surface area contributed by atoms with Crippen molar-refractivity contribution in [1.29, 1.82) is 0 Å². The van der Waals surface area contributed by atoms with Gasteiger partial charge in [-0.15, -0.1) is 0 Å². The van der Waals surface area contributed by atoms with Gasteiger partial charge in [-0.25, -0.2) is 13.1 Å². The summed E-state index contributed by atoms with van der Waals surface area (Å²) < 4.78 is 36.2. The van der Waals surface area contributed by atoms with Crippen LogP contribution in [0.4, 0.5) is 5.69 Å². The van der Waals surface area contributed by atoms with Crippen LogP contribution in [0.2, 0.25) is 0 Å². The highest BCUT2D eigenvalue weighted by Gasteiger charge is 2.24. The first-order chi connectivity index (χ1) is 19.3. The fourth-order valence-corrected chi connectivity index (χ4v) is 5.90. The zero-order chi connectivity index (χ0) is 28.7. The third kappa shape index (κ3) is 6.54. The van der Waals surface area contributed by atoms with Gasteiger partial charge in [0.25, 0.3) is 0 Å². The molecule has 0 spiro atoms. The Labute approximate surface area is 236 Å². The number of fused-ring (bicyclic) bond motifs is 2. The highest BCUT2D eigenvalue weighted by molar-refractivity contribution is 7.89. The molecule has 0 radical (unpaired) electrons. The van der Waals surface area contributed by atoms with E-state index in [1.165, 1.54) is 0 Å². The first-order valence-corrected chi connectivity index (χ1v) is 15.4. The minimum absolute atomic E-state index is 0.0175. The van der Waals surface area contributed by atoms with Crippen LogP contribution < -0.4 is 20.7 Å². The molecule has 0 aromatic heterocycles. The Morgan fingerprint density at radius 1 is 0.975 bits per heavy atom. The van der Waals surface area contributed by atoms with Gasteiger partial charge < -0.3 is 15.1 Å². The molecule has 2 aromatic rings. The number of nitrogens with one attached hydrogen (secondary N) is 3. The normalized spacial score (nSPS) is 13.1. The zero-order valence-electron chi connectivity index (χ0n) is 23.6. The average Bonchev–Trinajstić information content (AvgIpc) is 2.95. The summed E-state index contributed by atoms with van der Waals surface area (Å²) in [6.07, 6.45) is 1.24. The molecule has 1 aliphatic carbocycles. The monoisotopic (exact) mass is 562 g/mol. The molecule has 1 amide bonds. The van der Waals surface area contributed by atoms with E-state index in [2.05, 4.69) is 20.3 Å². The van der Waals surface area contributed by atoms with Crippen LogP contribution in [0.15, 0.2) is 75.0 Å². The number of carbonyl (C=O) groups excluding carboxylic acids is 1. The molecule has 0 fully saturated rings.